The van der Waals surface area contributed by atoms with Gasteiger partial charge in [0.2, 0.25) is 10.0 Å². The fourth-order valence-electron chi connectivity index (χ4n) is 2.64. The summed E-state index contributed by atoms with van der Waals surface area (Å²) >= 11 is 0. The van der Waals surface area contributed by atoms with E-state index in [1.807, 2.05) is 19.9 Å². The summed E-state index contributed by atoms with van der Waals surface area (Å²) in [5.41, 5.74) is 2.07. The molecule has 3 rings (SSSR count). The third kappa shape index (κ3) is 3.38. The Labute approximate surface area is 137 Å². The van der Waals surface area contributed by atoms with Crippen LogP contribution in [-0.2, 0) is 10.0 Å². The van der Waals surface area contributed by atoms with Gasteiger partial charge in [-0.05, 0) is 55.7 Å². The molecule has 0 bridgehead atoms. The fraction of sp³-hybridized carbons (Fsp3) is 0.353. The van der Waals surface area contributed by atoms with E-state index in [0.717, 1.165) is 16.9 Å². The van der Waals surface area contributed by atoms with Crippen molar-refractivity contribution in [2.75, 3.05) is 13.1 Å². The highest BCUT2D eigenvalue weighted by atomic mass is 32.2. The number of aromatic nitrogens is 1. The zero-order chi connectivity index (χ0) is 16.4. The first-order valence-corrected chi connectivity index (χ1v) is 9.05. The average molecular weight is 332 g/mol. The van der Waals surface area contributed by atoms with Crippen LogP contribution in [0.2, 0.25) is 0 Å². The molecule has 2 aromatic rings. The third-order valence-corrected chi connectivity index (χ3v) is 6.04. The van der Waals surface area contributed by atoms with Crippen LogP contribution in [0.15, 0.2) is 47.6 Å². The van der Waals surface area contributed by atoms with Gasteiger partial charge in [0.15, 0.2) is 0 Å². The quantitative estimate of drug-likeness (QED) is 0.863. The molecule has 23 heavy (non-hydrogen) atoms. The summed E-state index contributed by atoms with van der Waals surface area (Å²) in [6.07, 6.45) is 3.88. The molecule has 1 aromatic carbocycles. The van der Waals surface area contributed by atoms with Gasteiger partial charge >= 0.3 is 0 Å². The highest BCUT2D eigenvalue weighted by Gasteiger charge is 2.33. The number of rotatable bonds is 4. The van der Waals surface area contributed by atoms with Crippen LogP contribution >= 0.6 is 0 Å². The van der Waals surface area contributed by atoms with Crippen LogP contribution in [0.4, 0.5) is 0 Å². The molecule has 1 aliphatic rings. The Morgan fingerprint density at radius 1 is 1.13 bits per heavy atom. The topological polar surface area (TPSA) is 59.5 Å². The lowest BCUT2D eigenvalue weighted by molar-refractivity contribution is 0.215. The Bertz CT molecular complexity index is 791. The maximum atomic E-state index is 12.8. The lowest BCUT2D eigenvalue weighted by Crippen LogP contribution is -2.31. The van der Waals surface area contributed by atoms with Crippen molar-refractivity contribution in [2.24, 2.45) is 0 Å². The van der Waals surface area contributed by atoms with E-state index in [0.29, 0.717) is 24.4 Å². The molecule has 0 spiro atoms. The van der Waals surface area contributed by atoms with E-state index in [9.17, 15) is 8.42 Å². The average Bonchev–Trinajstić information content (AvgIpc) is 3.00. The van der Waals surface area contributed by atoms with Gasteiger partial charge in [0.1, 0.15) is 11.9 Å². The monoisotopic (exact) mass is 332 g/mol. The van der Waals surface area contributed by atoms with Crippen molar-refractivity contribution in [1.82, 2.24) is 9.29 Å². The van der Waals surface area contributed by atoms with Crippen LogP contribution in [0.1, 0.15) is 17.5 Å². The standard InChI is InChI=1S/C17H20N2O3S/c1-13-3-4-17(11-14(13)2)23(20,21)19-10-7-16(12-19)22-15-5-8-18-9-6-15/h3-6,8-9,11,16H,7,10,12H2,1-2H3/t16-/m1/s1. The van der Waals surface area contributed by atoms with Crippen LogP contribution in [-0.4, -0.2) is 36.9 Å². The Kier molecular flexibility index (Phi) is 4.37. The van der Waals surface area contributed by atoms with Crippen molar-refractivity contribution < 1.29 is 13.2 Å². The van der Waals surface area contributed by atoms with E-state index in [2.05, 4.69) is 4.98 Å². The SMILES string of the molecule is Cc1ccc(S(=O)(=O)N2CC[C@@H](Oc3ccncc3)C2)cc1C. The maximum absolute atomic E-state index is 12.8. The molecule has 0 saturated carbocycles. The van der Waals surface area contributed by atoms with Crippen LogP contribution in [0.25, 0.3) is 0 Å². The first-order chi connectivity index (χ1) is 11.0. The lowest BCUT2D eigenvalue weighted by Gasteiger charge is -2.18. The lowest BCUT2D eigenvalue weighted by atomic mass is 10.1. The van der Waals surface area contributed by atoms with E-state index in [4.69, 9.17) is 4.74 Å². The molecule has 1 saturated heterocycles. The number of pyridine rings is 1. The smallest absolute Gasteiger partial charge is 0.243 e. The van der Waals surface area contributed by atoms with E-state index >= 15 is 0 Å². The minimum Gasteiger partial charge on any atom is -0.489 e. The molecule has 1 atom stereocenters. The van der Waals surface area contributed by atoms with Gasteiger partial charge in [0, 0.05) is 18.9 Å². The number of benzene rings is 1. The Hall–Kier alpha value is -1.92. The second-order valence-electron chi connectivity index (χ2n) is 5.82. The van der Waals surface area contributed by atoms with Crippen LogP contribution in [0.5, 0.6) is 5.75 Å². The van der Waals surface area contributed by atoms with Gasteiger partial charge < -0.3 is 4.74 Å². The minimum atomic E-state index is -3.46. The number of nitrogens with zero attached hydrogens (tertiary/aromatic N) is 2. The van der Waals surface area contributed by atoms with Crippen molar-refractivity contribution in [3.8, 4) is 5.75 Å². The van der Waals surface area contributed by atoms with Gasteiger partial charge in [0.25, 0.3) is 0 Å². The van der Waals surface area contributed by atoms with Crippen molar-refractivity contribution in [1.29, 1.82) is 0 Å². The van der Waals surface area contributed by atoms with E-state index in [-0.39, 0.29) is 6.10 Å². The highest BCUT2D eigenvalue weighted by molar-refractivity contribution is 7.89. The molecule has 0 N–H and O–H groups in total. The first kappa shape index (κ1) is 16.0. The van der Waals surface area contributed by atoms with Crippen LogP contribution < -0.4 is 4.74 Å². The zero-order valence-corrected chi connectivity index (χ0v) is 14.1. The Morgan fingerprint density at radius 2 is 1.87 bits per heavy atom. The summed E-state index contributed by atoms with van der Waals surface area (Å²) in [5.74, 6) is 0.718. The van der Waals surface area contributed by atoms with Gasteiger partial charge in [-0.1, -0.05) is 6.07 Å². The Balaban J connectivity index is 1.73. The molecule has 0 aliphatic carbocycles. The zero-order valence-electron chi connectivity index (χ0n) is 13.3. The summed E-state index contributed by atoms with van der Waals surface area (Å²) < 4.78 is 32.8. The molecular weight excluding hydrogens is 312 g/mol. The van der Waals surface area contributed by atoms with E-state index in [1.54, 1.807) is 36.7 Å². The molecule has 1 aliphatic heterocycles. The van der Waals surface area contributed by atoms with Crippen molar-refractivity contribution in [3.63, 3.8) is 0 Å². The fourth-order valence-corrected chi connectivity index (χ4v) is 4.22. The second kappa shape index (κ2) is 6.29. The molecule has 2 heterocycles. The summed E-state index contributed by atoms with van der Waals surface area (Å²) in [6.45, 7) is 4.75. The van der Waals surface area contributed by atoms with Gasteiger partial charge in [-0.15, -0.1) is 0 Å². The molecule has 0 amide bonds. The van der Waals surface area contributed by atoms with Gasteiger partial charge in [0.05, 0.1) is 11.4 Å². The van der Waals surface area contributed by atoms with Crippen molar-refractivity contribution in [3.05, 3.63) is 53.9 Å². The minimum absolute atomic E-state index is 0.126. The molecular formula is C17H20N2O3S. The number of aryl methyl sites for hydroxylation is 2. The van der Waals surface area contributed by atoms with Crippen molar-refractivity contribution >= 4 is 10.0 Å². The number of hydrogen-bond donors (Lipinski definition) is 0. The van der Waals surface area contributed by atoms with Gasteiger partial charge in [-0.25, -0.2) is 8.42 Å². The summed E-state index contributed by atoms with van der Waals surface area (Å²) in [6, 6.07) is 8.82. The molecule has 5 nitrogen and oxygen atoms in total. The number of ether oxygens (including phenoxy) is 1. The van der Waals surface area contributed by atoms with Crippen LogP contribution in [0, 0.1) is 13.8 Å². The molecule has 6 heteroatoms. The summed E-state index contributed by atoms with van der Waals surface area (Å²) in [5, 5.41) is 0. The molecule has 0 radical (unpaired) electrons. The maximum Gasteiger partial charge on any atom is 0.243 e. The predicted molar refractivity (Wildman–Crippen MR) is 87.9 cm³/mol. The first-order valence-electron chi connectivity index (χ1n) is 7.61. The van der Waals surface area contributed by atoms with Gasteiger partial charge in [-0.3, -0.25) is 4.98 Å². The van der Waals surface area contributed by atoms with E-state index in [1.165, 1.54) is 4.31 Å². The van der Waals surface area contributed by atoms with Gasteiger partial charge in [-0.2, -0.15) is 4.31 Å². The molecule has 1 fully saturated rings. The number of hydrogen-bond acceptors (Lipinski definition) is 4. The summed E-state index contributed by atoms with van der Waals surface area (Å²) in [4.78, 5) is 4.29. The highest BCUT2D eigenvalue weighted by Crippen LogP contribution is 2.25. The van der Waals surface area contributed by atoms with Crippen molar-refractivity contribution in [2.45, 2.75) is 31.3 Å². The third-order valence-electron chi connectivity index (χ3n) is 4.18. The second-order valence-corrected chi connectivity index (χ2v) is 7.76. The van der Waals surface area contributed by atoms with E-state index < -0.39 is 10.0 Å². The predicted octanol–water partition coefficient (Wildman–Crippen LogP) is 2.54. The number of sulfonamides is 1. The molecule has 122 valence electrons. The Morgan fingerprint density at radius 3 is 2.57 bits per heavy atom. The van der Waals surface area contributed by atoms with Crippen LogP contribution in [0.3, 0.4) is 0 Å². The molecule has 0 unspecified atom stereocenters. The largest absolute Gasteiger partial charge is 0.489 e. The molecule has 1 aromatic heterocycles. The summed E-state index contributed by atoms with van der Waals surface area (Å²) in [7, 11) is -3.46. The normalized spacial score (nSPS) is 19.0.